The Morgan fingerprint density at radius 2 is 1.94 bits per heavy atom. The molecule has 0 aliphatic carbocycles. The van der Waals surface area contributed by atoms with Gasteiger partial charge >= 0.3 is 5.97 Å². The van der Waals surface area contributed by atoms with Crippen molar-refractivity contribution >= 4 is 23.5 Å². The van der Waals surface area contributed by atoms with Gasteiger partial charge in [-0.25, -0.2) is 4.79 Å². The van der Waals surface area contributed by atoms with Crippen LogP contribution in [0.5, 0.6) is 0 Å². The fourth-order valence-corrected chi connectivity index (χ4v) is 3.60. The molecule has 0 spiro atoms. The number of hydrogen-bond donors (Lipinski definition) is 3. The number of ether oxygens (including phenoxy) is 1. The monoisotopic (exact) mass is 472 g/mol. The van der Waals surface area contributed by atoms with Gasteiger partial charge in [0.25, 0.3) is 5.91 Å². The third-order valence-electron chi connectivity index (χ3n) is 5.06. The molecule has 3 aromatic rings. The largest absolute Gasteiger partial charge is 0.464 e. The van der Waals surface area contributed by atoms with Crippen LogP contribution in [0.3, 0.4) is 0 Å². The topological polar surface area (TPSA) is 127 Å². The molecule has 1 heterocycles. The summed E-state index contributed by atoms with van der Waals surface area (Å²) >= 11 is 6.14. The molecule has 0 saturated carbocycles. The van der Waals surface area contributed by atoms with E-state index >= 15 is 0 Å². The highest BCUT2D eigenvalue weighted by Crippen LogP contribution is 2.27. The minimum atomic E-state index is -1.41. The highest BCUT2D eigenvalue weighted by molar-refractivity contribution is 6.30. The number of aliphatic hydroxyl groups excluding tert-OH is 1. The molecule has 174 valence electrons. The van der Waals surface area contributed by atoms with Gasteiger partial charge in [0, 0.05) is 17.5 Å². The summed E-state index contributed by atoms with van der Waals surface area (Å²) in [6, 6.07) is 12.8. The normalized spacial score (nSPS) is 12.7. The minimum Gasteiger partial charge on any atom is -0.464 e. The first-order valence-electron chi connectivity index (χ1n) is 10.4. The van der Waals surface area contributed by atoms with Crippen molar-refractivity contribution in [1.29, 1.82) is 0 Å². The Morgan fingerprint density at radius 1 is 1.21 bits per heavy atom. The lowest BCUT2D eigenvalue weighted by atomic mass is 9.96. The van der Waals surface area contributed by atoms with Crippen LogP contribution in [0.15, 0.2) is 48.7 Å². The summed E-state index contributed by atoms with van der Waals surface area (Å²) in [5.74, 6) is -1.35. The van der Waals surface area contributed by atoms with E-state index in [4.69, 9.17) is 16.3 Å². The summed E-state index contributed by atoms with van der Waals surface area (Å²) in [4.78, 5) is 24.8. The summed E-state index contributed by atoms with van der Waals surface area (Å²) in [5, 5.41) is 29.8. The number of hydrogen-bond acceptors (Lipinski definition) is 7. The van der Waals surface area contributed by atoms with Crippen LogP contribution in [0, 0.1) is 6.92 Å². The zero-order chi connectivity index (χ0) is 24.0. The lowest BCUT2D eigenvalue weighted by Crippen LogP contribution is -2.41. The lowest BCUT2D eigenvalue weighted by Gasteiger charge is -2.21. The summed E-state index contributed by atoms with van der Waals surface area (Å²) in [6.07, 6.45) is -0.0785. The Labute approximate surface area is 195 Å². The number of carbonyl (C=O) groups is 2. The molecule has 0 unspecified atom stereocenters. The zero-order valence-corrected chi connectivity index (χ0v) is 19.0. The molecule has 9 nitrogen and oxygen atoms in total. The molecule has 3 N–H and O–H groups in total. The zero-order valence-electron chi connectivity index (χ0n) is 18.2. The summed E-state index contributed by atoms with van der Waals surface area (Å²) in [6.45, 7) is 3.78. The number of aromatic nitrogens is 3. The second-order valence-corrected chi connectivity index (χ2v) is 7.99. The van der Waals surface area contributed by atoms with Crippen molar-refractivity contribution < 1.29 is 24.6 Å². The van der Waals surface area contributed by atoms with E-state index in [1.54, 1.807) is 6.92 Å². The van der Waals surface area contributed by atoms with Crippen LogP contribution in [0.25, 0.3) is 11.1 Å². The van der Waals surface area contributed by atoms with Crippen molar-refractivity contribution in [2.24, 2.45) is 0 Å². The number of nitrogens with zero attached hydrogens (tertiary/aromatic N) is 3. The fourth-order valence-electron chi connectivity index (χ4n) is 3.43. The standard InChI is InChI=1S/C23H25ClN4O5/c1-3-33-23(31)21(29)12-18(25-22(30)20-13-28(32)27-26-20)10-15-5-7-16(8-6-15)19-11-17(24)9-4-14(19)2/h4-9,11,13,18,21,29,32H,3,10,12H2,1-2H3,(H,25,30)/t18-,21-/m1/s1. The van der Waals surface area contributed by atoms with Gasteiger partial charge in [-0.1, -0.05) is 46.8 Å². The van der Waals surface area contributed by atoms with E-state index in [0.717, 1.165) is 28.5 Å². The van der Waals surface area contributed by atoms with E-state index in [9.17, 15) is 19.9 Å². The predicted octanol–water partition coefficient (Wildman–Crippen LogP) is 2.80. The van der Waals surface area contributed by atoms with Crippen molar-refractivity contribution in [2.75, 3.05) is 6.61 Å². The molecule has 1 amide bonds. The predicted molar refractivity (Wildman–Crippen MR) is 121 cm³/mol. The third-order valence-corrected chi connectivity index (χ3v) is 5.30. The lowest BCUT2D eigenvalue weighted by molar-refractivity contribution is -0.153. The molecule has 0 bridgehead atoms. The van der Waals surface area contributed by atoms with Gasteiger partial charge in [-0.05, 0) is 59.9 Å². The first-order valence-corrected chi connectivity index (χ1v) is 10.8. The fraction of sp³-hybridized carbons (Fsp3) is 0.304. The summed E-state index contributed by atoms with van der Waals surface area (Å²) in [5.41, 5.74) is 3.88. The molecule has 33 heavy (non-hydrogen) atoms. The number of rotatable bonds is 9. The molecule has 0 saturated heterocycles. The van der Waals surface area contributed by atoms with Gasteiger partial charge in [0.15, 0.2) is 11.8 Å². The highest BCUT2D eigenvalue weighted by atomic mass is 35.5. The van der Waals surface area contributed by atoms with Gasteiger partial charge in [0.2, 0.25) is 0 Å². The molecule has 1 aromatic heterocycles. The van der Waals surface area contributed by atoms with Crippen molar-refractivity contribution in [3.8, 4) is 11.1 Å². The van der Waals surface area contributed by atoms with Gasteiger partial charge in [-0.15, -0.1) is 5.10 Å². The molecular formula is C23H25ClN4O5. The summed E-state index contributed by atoms with van der Waals surface area (Å²) < 4.78 is 4.86. The van der Waals surface area contributed by atoms with Gasteiger partial charge in [-0.2, -0.15) is 0 Å². The maximum absolute atomic E-state index is 12.5. The van der Waals surface area contributed by atoms with Gasteiger partial charge in [0.05, 0.1) is 12.8 Å². The quantitative estimate of drug-likeness (QED) is 0.323. The minimum absolute atomic E-state index is 0.0625. The first kappa shape index (κ1) is 24.2. The second-order valence-electron chi connectivity index (χ2n) is 7.56. The second kappa shape index (κ2) is 10.9. The Balaban J connectivity index is 1.77. The van der Waals surface area contributed by atoms with Crippen LogP contribution in [0.2, 0.25) is 5.02 Å². The molecular weight excluding hydrogens is 448 g/mol. The van der Waals surface area contributed by atoms with Crippen LogP contribution in [0.1, 0.15) is 35.0 Å². The highest BCUT2D eigenvalue weighted by Gasteiger charge is 2.25. The number of nitrogens with one attached hydrogen (secondary N) is 1. The van der Waals surface area contributed by atoms with Crippen molar-refractivity contribution in [3.63, 3.8) is 0 Å². The molecule has 2 aromatic carbocycles. The Kier molecular flexibility index (Phi) is 8.02. The van der Waals surface area contributed by atoms with E-state index in [1.807, 2.05) is 49.4 Å². The number of esters is 1. The van der Waals surface area contributed by atoms with Crippen LogP contribution < -0.4 is 5.32 Å². The first-order chi connectivity index (χ1) is 15.8. The number of benzene rings is 2. The molecule has 3 rings (SSSR count). The molecule has 10 heteroatoms. The van der Waals surface area contributed by atoms with E-state index in [-0.39, 0.29) is 18.7 Å². The number of aliphatic hydroxyl groups is 1. The summed E-state index contributed by atoms with van der Waals surface area (Å²) in [7, 11) is 0. The average Bonchev–Trinajstić information content (AvgIpc) is 3.22. The van der Waals surface area contributed by atoms with Crippen LogP contribution in [-0.4, -0.2) is 56.1 Å². The third kappa shape index (κ3) is 6.53. The molecule has 0 aliphatic heterocycles. The average molecular weight is 473 g/mol. The van der Waals surface area contributed by atoms with E-state index in [2.05, 4.69) is 15.6 Å². The van der Waals surface area contributed by atoms with Crippen molar-refractivity contribution in [3.05, 3.63) is 70.5 Å². The molecule has 0 radical (unpaired) electrons. The Hall–Kier alpha value is -3.43. The van der Waals surface area contributed by atoms with Crippen LogP contribution in [-0.2, 0) is 16.0 Å². The molecule has 0 aliphatic rings. The van der Waals surface area contributed by atoms with Gasteiger partial charge in [-0.3, -0.25) is 4.79 Å². The maximum atomic E-state index is 12.5. The number of carbonyl (C=O) groups excluding carboxylic acids is 2. The van der Waals surface area contributed by atoms with Crippen molar-refractivity contribution in [2.45, 2.75) is 38.8 Å². The van der Waals surface area contributed by atoms with Crippen molar-refractivity contribution in [1.82, 2.24) is 20.5 Å². The molecule has 0 fully saturated rings. The number of halogens is 1. The number of aryl methyl sites for hydroxylation is 1. The van der Waals surface area contributed by atoms with Crippen LogP contribution in [0.4, 0.5) is 0 Å². The van der Waals surface area contributed by atoms with Gasteiger partial charge < -0.3 is 20.4 Å². The maximum Gasteiger partial charge on any atom is 0.335 e. The van der Waals surface area contributed by atoms with E-state index < -0.39 is 24.0 Å². The number of amides is 1. The molecule has 2 atom stereocenters. The van der Waals surface area contributed by atoms with Crippen LogP contribution >= 0.6 is 11.6 Å². The van der Waals surface area contributed by atoms with Gasteiger partial charge in [0.1, 0.15) is 0 Å². The van der Waals surface area contributed by atoms with E-state index in [1.165, 1.54) is 0 Å². The Morgan fingerprint density at radius 3 is 2.58 bits per heavy atom. The van der Waals surface area contributed by atoms with E-state index in [0.29, 0.717) is 16.3 Å². The smallest absolute Gasteiger partial charge is 0.335 e. The SMILES string of the molecule is CCOC(=O)[C@H](O)C[C@@H](Cc1ccc(-c2cc(Cl)ccc2C)cc1)NC(=O)c1cn(O)nn1. The Bertz CT molecular complexity index is 1120.